The van der Waals surface area contributed by atoms with Gasteiger partial charge in [-0.05, 0) is 0 Å². The summed E-state index contributed by atoms with van der Waals surface area (Å²) in [5.74, 6) is 1.43. The number of carbonyl (C=O) groups is 2. The van der Waals surface area contributed by atoms with E-state index in [-0.39, 0.29) is 13.2 Å². The highest BCUT2D eigenvalue weighted by molar-refractivity contribution is 5.79. The molecule has 1 aliphatic rings. The molecule has 0 saturated carbocycles. The minimum absolute atomic E-state index is 0.109. The van der Waals surface area contributed by atoms with E-state index in [0.717, 1.165) is 0 Å². The number of carbonyl (C=O) groups excluding carboxylic acids is 2. The molecule has 0 N–H and O–H groups in total. The molecule has 0 amide bonds. The molecule has 12 heavy (non-hydrogen) atoms. The maximum atomic E-state index is 10.9. The summed E-state index contributed by atoms with van der Waals surface area (Å²) in [5.41, 5.74) is 0. The first-order chi connectivity index (χ1) is 5.74. The molecule has 0 bridgehead atoms. The third kappa shape index (κ3) is 1.89. The van der Waals surface area contributed by atoms with Gasteiger partial charge in [0.15, 0.2) is 6.61 Å². The topological polar surface area (TPSA) is 61.8 Å². The van der Waals surface area contributed by atoms with Crippen LogP contribution in [0.3, 0.4) is 0 Å². The Balaban J connectivity index is 2.34. The van der Waals surface area contributed by atoms with Crippen molar-refractivity contribution in [1.29, 1.82) is 0 Å². The highest BCUT2D eigenvalue weighted by atomic mass is 16.8. The molecule has 0 aromatic carbocycles. The highest BCUT2D eigenvalue weighted by Gasteiger charge is 2.32. The molecule has 5 heteroatoms. The Labute approximate surface area is 68.6 Å². The molecule has 1 aliphatic heterocycles. The Morgan fingerprint density at radius 1 is 1.83 bits per heavy atom. The number of rotatable bonds is 2. The molecule has 0 aromatic rings. The Kier molecular flexibility index (Phi) is 2.53. The van der Waals surface area contributed by atoms with E-state index in [9.17, 15) is 9.59 Å². The Hall–Kier alpha value is -1.70. The van der Waals surface area contributed by atoms with E-state index in [1.54, 1.807) is 0 Å². The Morgan fingerprint density at radius 2 is 2.58 bits per heavy atom. The Morgan fingerprint density at radius 3 is 3.08 bits per heavy atom. The van der Waals surface area contributed by atoms with Crippen LogP contribution < -0.4 is 0 Å². The van der Waals surface area contributed by atoms with Crippen molar-refractivity contribution in [2.24, 2.45) is 0 Å². The van der Waals surface area contributed by atoms with Crippen LogP contribution in [-0.2, 0) is 19.0 Å². The molecule has 1 atom stereocenters. The quantitative estimate of drug-likeness (QED) is 0.420. The standard InChI is InChI=1S/C7H6O5/c1-2-3-10-6(8)5-4-11-7(9)12-5/h1,5H,3-4H2. The number of hydrogen-bond acceptors (Lipinski definition) is 5. The molecule has 5 nitrogen and oxygen atoms in total. The van der Waals surface area contributed by atoms with Gasteiger partial charge < -0.3 is 14.2 Å². The van der Waals surface area contributed by atoms with E-state index in [4.69, 9.17) is 6.42 Å². The summed E-state index contributed by atoms with van der Waals surface area (Å²) in [6.45, 7) is -0.241. The van der Waals surface area contributed by atoms with Crippen molar-refractivity contribution in [2.45, 2.75) is 6.10 Å². The molecule has 0 spiro atoms. The van der Waals surface area contributed by atoms with Crippen LogP contribution in [-0.4, -0.2) is 31.4 Å². The van der Waals surface area contributed by atoms with Crippen molar-refractivity contribution in [3.8, 4) is 12.3 Å². The largest absolute Gasteiger partial charge is 0.509 e. The van der Waals surface area contributed by atoms with Gasteiger partial charge in [-0.2, -0.15) is 0 Å². The number of ether oxygens (including phenoxy) is 3. The first-order valence-corrected chi connectivity index (χ1v) is 3.17. The van der Waals surface area contributed by atoms with Gasteiger partial charge in [0.2, 0.25) is 6.10 Å². The van der Waals surface area contributed by atoms with Crippen molar-refractivity contribution in [2.75, 3.05) is 13.2 Å². The van der Waals surface area contributed by atoms with Gasteiger partial charge >= 0.3 is 12.1 Å². The number of hydrogen-bond donors (Lipinski definition) is 0. The van der Waals surface area contributed by atoms with Crippen molar-refractivity contribution < 1.29 is 23.8 Å². The third-order valence-electron chi connectivity index (χ3n) is 1.15. The SMILES string of the molecule is C#CCOC(=O)C1COC(=O)O1. The Bertz CT molecular complexity index is 239. The van der Waals surface area contributed by atoms with Crippen molar-refractivity contribution in [3.63, 3.8) is 0 Å². The van der Waals surface area contributed by atoms with Crippen LogP contribution in [0.5, 0.6) is 0 Å². The number of terminal acetylenes is 1. The van der Waals surface area contributed by atoms with Gasteiger partial charge in [-0.1, -0.05) is 5.92 Å². The lowest BCUT2D eigenvalue weighted by molar-refractivity contribution is -0.150. The molecule has 1 fully saturated rings. The van der Waals surface area contributed by atoms with Crippen molar-refractivity contribution in [1.82, 2.24) is 0 Å². The van der Waals surface area contributed by atoms with Crippen LogP contribution in [0.1, 0.15) is 0 Å². The van der Waals surface area contributed by atoms with E-state index in [1.807, 2.05) is 0 Å². The molecule has 64 valence electrons. The van der Waals surface area contributed by atoms with E-state index < -0.39 is 18.2 Å². The number of esters is 1. The van der Waals surface area contributed by atoms with Crippen molar-refractivity contribution in [3.05, 3.63) is 0 Å². The molecular formula is C7H6O5. The van der Waals surface area contributed by atoms with Gasteiger partial charge in [-0.15, -0.1) is 6.42 Å². The zero-order chi connectivity index (χ0) is 8.97. The molecule has 0 aliphatic carbocycles. The van der Waals surface area contributed by atoms with Crippen LogP contribution in [0.15, 0.2) is 0 Å². The highest BCUT2D eigenvalue weighted by Crippen LogP contribution is 2.07. The second kappa shape index (κ2) is 3.62. The minimum Gasteiger partial charge on any atom is -0.450 e. The van der Waals surface area contributed by atoms with Gasteiger partial charge in [0.25, 0.3) is 0 Å². The minimum atomic E-state index is -0.967. The van der Waals surface area contributed by atoms with Crippen LogP contribution in [0.25, 0.3) is 0 Å². The van der Waals surface area contributed by atoms with Gasteiger partial charge in [-0.25, -0.2) is 9.59 Å². The molecule has 0 aromatic heterocycles. The molecule has 0 radical (unpaired) electrons. The average molecular weight is 170 g/mol. The third-order valence-corrected chi connectivity index (χ3v) is 1.15. The lowest BCUT2D eigenvalue weighted by Crippen LogP contribution is -2.25. The molecule has 1 rings (SSSR count). The summed E-state index contributed by atoms with van der Waals surface area (Å²) in [6, 6.07) is 0. The van der Waals surface area contributed by atoms with E-state index >= 15 is 0 Å². The maximum Gasteiger partial charge on any atom is 0.509 e. The molecule has 1 heterocycles. The lowest BCUT2D eigenvalue weighted by Gasteiger charge is -2.03. The number of cyclic esters (lactones) is 2. The summed E-state index contributed by atoms with van der Waals surface area (Å²) in [6.07, 6.45) is 3.01. The van der Waals surface area contributed by atoms with Crippen LogP contribution in [0, 0.1) is 12.3 Å². The summed E-state index contributed by atoms with van der Waals surface area (Å²) < 4.78 is 13.3. The summed E-state index contributed by atoms with van der Waals surface area (Å²) in [5, 5.41) is 0. The molecular weight excluding hydrogens is 164 g/mol. The summed E-state index contributed by atoms with van der Waals surface area (Å²) in [7, 11) is 0. The lowest BCUT2D eigenvalue weighted by atomic mass is 10.4. The van der Waals surface area contributed by atoms with E-state index in [0.29, 0.717) is 0 Å². The molecule has 1 unspecified atom stereocenters. The van der Waals surface area contributed by atoms with Gasteiger partial charge in [0, 0.05) is 0 Å². The van der Waals surface area contributed by atoms with Crippen molar-refractivity contribution >= 4 is 12.1 Å². The van der Waals surface area contributed by atoms with Gasteiger partial charge in [0.05, 0.1) is 0 Å². The van der Waals surface area contributed by atoms with Gasteiger partial charge in [0.1, 0.15) is 6.61 Å². The zero-order valence-corrected chi connectivity index (χ0v) is 6.11. The monoisotopic (exact) mass is 170 g/mol. The second-order valence-corrected chi connectivity index (χ2v) is 1.98. The summed E-state index contributed by atoms with van der Waals surface area (Å²) in [4.78, 5) is 21.2. The van der Waals surface area contributed by atoms with E-state index in [1.165, 1.54) is 0 Å². The van der Waals surface area contributed by atoms with Crippen LogP contribution in [0.4, 0.5) is 4.79 Å². The first-order valence-electron chi connectivity index (χ1n) is 3.17. The fourth-order valence-electron chi connectivity index (χ4n) is 0.650. The second-order valence-electron chi connectivity index (χ2n) is 1.98. The van der Waals surface area contributed by atoms with Gasteiger partial charge in [-0.3, -0.25) is 0 Å². The summed E-state index contributed by atoms with van der Waals surface area (Å²) >= 11 is 0. The molecule has 1 saturated heterocycles. The fourth-order valence-corrected chi connectivity index (χ4v) is 0.650. The maximum absolute atomic E-state index is 10.9. The van der Waals surface area contributed by atoms with Crippen LogP contribution >= 0.6 is 0 Å². The van der Waals surface area contributed by atoms with E-state index in [2.05, 4.69) is 20.1 Å². The van der Waals surface area contributed by atoms with Crippen LogP contribution in [0.2, 0.25) is 0 Å². The first kappa shape index (κ1) is 8.40. The predicted octanol–water partition coefficient (Wildman–Crippen LogP) is -0.302. The zero-order valence-electron chi connectivity index (χ0n) is 6.11. The average Bonchev–Trinajstić information content (AvgIpc) is 2.47. The fraction of sp³-hybridized carbons (Fsp3) is 0.429. The smallest absolute Gasteiger partial charge is 0.450 e. The predicted molar refractivity (Wildman–Crippen MR) is 36.0 cm³/mol. The normalized spacial score (nSPS) is 20.6.